The number of nitrogens with two attached hydrogens (primary N) is 1. The number of anilines is 1. The highest BCUT2D eigenvalue weighted by Gasteiger charge is 2.25. The fourth-order valence-corrected chi connectivity index (χ4v) is 3.59. The lowest BCUT2D eigenvalue weighted by molar-refractivity contribution is 0.0620. The smallest absolute Gasteiger partial charge is 0.244 e. The van der Waals surface area contributed by atoms with Gasteiger partial charge in [-0.1, -0.05) is 11.6 Å². The molecular formula is C12H18ClN3O3S. The van der Waals surface area contributed by atoms with Gasteiger partial charge in [0.25, 0.3) is 0 Å². The summed E-state index contributed by atoms with van der Waals surface area (Å²) in [6.45, 7) is 1.84. The minimum Gasteiger partial charge on any atom is -0.382 e. The Bertz CT molecular complexity index is 573. The molecule has 1 aromatic rings. The topological polar surface area (TPSA) is 85.5 Å². The minimum atomic E-state index is -3.59. The van der Waals surface area contributed by atoms with E-state index in [4.69, 9.17) is 22.1 Å². The Labute approximate surface area is 123 Å². The predicted molar refractivity (Wildman–Crippen MR) is 77.0 cm³/mol. The van der Waals surface area contributed by atoms with Gasteiger partial charge in [0, 0.05) is 33.0 Å². The van der Waals surface area contributed by atoms with E-state index < -0.39 is 10.0 Å². The van der Waals surface area contributed by atoms with E-state index in [1.54, 1.807) is 7.05 Å². The molecular weight excluding hydrogens is 302 g/mol. The number of rotatable bonds is 4. The summed E-state index contributed by atoms with van der Waals surface area (Å²) >= 11 is 5.83. The van der Waals surface area contributed by atoms with Gasteiger partial charge in [0.2, 0.25) is 10.0 Å². The number of pyridine rings is 1. The van der Waals surface area contributed by atoms with Crippen molar-refractivity contribution in [1.82, 2.24) is 9.29 Å². The summed E-state index contributed by atoms with van der Waals surface area (Å²) in [7, 11) is -2.02. The van der Waals surface area contributed by atoms with Crippen LogP contribution >= 0.6 is 11.6 Å². The maximum Gasteiger partial charge on any atom is 0.244 e. The number of halogens is 1. The Morgan fingerprint density at radius 1 is 1.50 bits per heavy atom. The van der Waals surface area contributed by atoms with Crippen LogP contribution in [-0.2, 0) is 14.8 Å². The second-order valence-electron chi connectivity index (χ2n) is 4.88. The van der Waals surface area contributed by atoms with Gasteiger partial charge in [-0.3, -0.25) is 0 Å². The molecule has 0 atom stereocenters. The van der Waals surface area contributed by atoms with Crippen LogP contribution in [0, 0.1) is 5.92 Å². The number of ether oxygens (including phenoxy) is 1. The summed E-state index contributed by atoms with van der Waals surface area (Å²) in [5.41, 5.74) is 5.49. The Hall–Kier alpha value is -0.890. The number of hydrogen-bond acceptors (Lipinski definition) is 5. The third-order valence-electron chi connectivity index (χ3n) is 3.41. The fourth-order valence-electron chi connectivity index (χ4n) is 2.14. The van der Waals surface area contributed by atoms with Crippen LogP contribution in [-0.4, -0.2) is 44.5 Å². The highest BCUT2D eigenvalue weighted by atomic mass is 35.5. The van der Waals surface area contributed by atoms with Crippen LogP contribution in [0.4, 0.5) is 5.82 Å². The second kappa shape index (κ2) is 6.26. The molecule has 1 saturated heterocycles. The molecule has 2 heterocycles. The number of nitrogen functional groups attached to an aromatic ring is 1. The van der Waals surface area contributed by atoms with Gasteiger partial charge in [-0.05, 0) is 24.8 Å². The molecule has 0 amide bonds. The van der Waals surface area contributed by atoms with E-state index in [0.29, 0.717) is 25.7 Å². The van der Waals surface area contributed by atoms with Gasteiger partial charge in [0.05, 0.1) is 5.02 Å². The third kappa shape index (κ3) is 3.41. The zero-order chi connectivity index (χ0) is 14.8. The average molecular weight is 320 g/mol. The minimum absolute atomic E-state index is 0.0614. The van der Waals surface area contributed by atoms with Crippen LogP contribution < -0.4 is 5.73 Å². The number of nitrogens with zero attached hydrogens (tertiary/aromatic N) is 2. The lowest BCUT2D eigenvalue weighted by Crippen LogP contribution is -2.34. The predicted octanol–water partition coefficient (Wildman–Crippen LogP) is 1.36. The van der Waals surface area contributed by atoms with Gasteiger partial charge in [-0.15, -0.1) is 0 Å². The Kier molecular flexibility index (Phi) is 4.85. The van der Waals surface area contributed by atoms with Crippen LogP contribution in [0.1, 0.15) is 12.8 Å². The van der Waals surface area contributed by atoms with Gasteiger partial charge in [0.15, 0.2) is 0 Å². The Balaban J connectivity index is 2.13. The molecule has 2 N–H and O–H groups in total. The Morgan fingerprint density at radius 3 is 2.75 bits per heavy atom. The summed E-state index contributed by atoms with van der Waals surface area (Å²) in [6, 6.07) is 1.33. The first-order chi connectivity index (χ1) is 9.41. The maximum atomic E-state index is 12.4. The highest BCUT2D eigenvalue weighted by Crippen LogP contribution is 2.24. The number of aromatic nitrogens is 1. The van der Waals surface area contributed by atoms with Gasteiger partial charge >= 0.3 is 0 Å². The third-order valence-corrected chi connectivity index (χ3v) is 5.50. The van der Waals surface area contributed by atoms with E-state index in [1.807, 2.05) is 0 Å². The zero-order valence-electron chi connectivity index (χ0n) is 11.3. The highest BCUT2D eigenvalue weighted by molar-refractivity contribution is 7.89. The van der Waals surface area contributed by atoms with Crippen molar-refractivity contribution in [2.24, 2.45) is 5.92 Å². The van der Waals surface area contributed by atoms with Crippen molar-refractivity contribution in [3.63, 3.8) is 0 Å². The summed E-state index contributed by atoms with van der Waals surface area (Å²) in [6.07, 6.45) is 2.98. The lowest BCUT2D eigenvalue weighted by atomic mass is 10.0. The van der Waals surface area contributed by atoms with Crippen molar-refractivity contribution in [3.05, 3.63) is 17.3 Å². The summed E-state index contributed by atoms with van der Waals surface area (Å²) in [4.78, 5) is 3.86. The number of hydrogen-bond donors (Lipinski definition) is 1. The Morgan fingerprint density at radius 2 is 2.15 bits per heavy atom. The molecule has 8 heteroatoms. The van der Waals surface area contributed by atoms with Gasteiger partial charge in [-0.2, -0.15) is 0 Å². The first kappa shape index (κ1) is 15.5. The summed E-state index contributed by atoms with van der Waals surface area (Å²) < 4.78 is 31.5. The molecule has 0 aliphatic carbocycles. The van der Waals surface area contributed by atoms with Crippen molar-refractivity contribution in [2.45, 2.75) is 17.7 Å². The molecule has 0 aromatic carbocycles. The van der Waals surface area contributed by atoms with Crippen LogP contribution in [0.5, 0.6) is 0 Å². The quantitative estimate of drug-likeness (QED) is 0.905. The molecule has 0 spiro atoms. The molecule has 0 saturated carbocycles. The van der Waals surface area contributed by atoms with Crippen LogP contribution in [0.25, 0.3) is 0 Å². The molecule has 2 rings (SSSR count). The van der Waals surface area contributed by atoms with Crippen molar-refractivity contribution in [2.75, 3.05) is 32.5 Å². The average Bonchev–Trinajstić information content (AvgIpc) is 2.42. The van der Waals surface area contributed by atoms with Crippen LogP contribution in [0.15, 0.2) is 17.2 Å². The van der Waals surface area contributed by atoms with E-state index in [9.17, 15) is 8.42 Å². The number of sulfonamides is 1. The van der Waals surface area contributed by atoms with Crippen molar-refractivity contribution in [1.29, 1.82) is 0 Å². The van der Waals surface area contributed by atoms with E-state index in [2.05, 4.69) is 4.98 Å². The van der Waals surface area contributed by atoms with Crippen molar-refractivity contribution >= 4 is 27.4 Å². The zero-order valence-corrected chi connectivity index (χ0v) is 12.8. The summed E-state index contributed by atoms with van der Waals surface area (Å²) in [5, 5.41) is 0.144. The van der Waals surface area contributed by atoms with Gasteiger partial charge in [-0.25, -0.2) is 17.7 Å². The van der Waals surface area contributed by atoms with Gasteiger partial charge in [0.1, 0.15) is 10.7 Å². The first-order valence-corrected chi connectivity index (χ1v) is 8.18. The standard InChI is InChI=1S/C12H18ClN3O3S/c1-16(8-9-2-4-19-5-3-9)20(17,18)10-6-11(13)12(14)15-7-10/h6-7,9H,2-5,8H2,1H3,(H2,14,15). The normalized spacial score (nSPS) is 17.6. The molecule has 112 valence electrons. The molecule has 1 aliphatic heterocycles. The van der Waals surface area contributed by atoms with Gasteiger partial charge < -0.3 is 10.5 Å². The lowest BCUT2D eigenvalue weighted by Gasteiger charge is -2.26. The largest absolute Gasteiger partial charge is 0.382 e. The van der Waals surface area contributed by atoms with E-state index >= 15 is 0 Å². The SMILES string of the molecule is CN(CC1CCOCC1)S(=O)(=O)c1cnc(N)c(Cl)c1. The molecule has 0 bridgehead atoms. The van der Waals surface area contributed by atoms with E-state index in [0.717, 1.165) is 12.8 Å². The van der Waals surface area contributed by atoms with Crippen LogP contribution in [0.2, 0.25) is 5.02 Å². The molecule has 1 aliphatic rings. The van der Waals surface area contributed by atoms with Crippen molar-refractivity contribution < 1.29 is 13.2 Å². The molecule has 20 heavy (non-hydrogen) atoms. The molecule has 0 unspecified atom stereocenters. The fraction of sp³-hybridized carbons (Fsp3) is 0.583. The van der Waals surface area contributed by atoms with E-state index in [-0.39, 0.29) is 15.7 Å². The van der Waals surface area contributed by atoms with Crippen molar-refractivity contribution in [3.8, 4) is 0 Å². The summed E-state index contributed by atoms with van der Waals surface area (Å²) in [5.74, 6) is 0.443. The van der Waals surface area contributed by atoms with Crippen LogP contribution in [0.3, 0.4) is 0 Å². The van der Waals surface area contributed by atoms with E-state index in [1.165, 1.54) is 16.6 Å². The second-order valence-corrected chi connectivity index (χ2v) is 7.33. The molecule has 0 radical (unpaired) electrons. The maximum absolute atomic E-state index is 12.4. The molecule has 1 aromatic heterocycles. The monoisotopic (exact) mass is 319 g/mol. The first-order valence-electron chi connectivity index (χ1n) is 6.36. The molecule has 6 nitrogen and oxygen atoms in total. The molecule has 1 fully saturated rings.